The van der Waals surface area contributed by atoms with Gasteiger partial charge in [0.1, 0.15) is 29.6 Å². The van der Waals surface area contributed by atoms with Crippen molar-refractivity contribution in [1.82, 2.24) is 10.5 Å². The number of carbonyl (C=O) groups is 8. The zero-order chi connectivity index (χ0) is 68.3. The lowest BCUT2D eigenvalue weighted by Crippen LogP contribution is -2.30. The first-order chi connectivity index (χ1) is 44.1. The van der Waals surface area contributed by atoms with E-state index in [0.29, 0.717) is 64.3 Å². The van der Waals surface area contributed by atoms with E-state index >= 15 is 0 Å². The number of aryl methyl sites for hydroxylation is 1. The molecule has 4 fully saturated rings. The smallest absolute Gasteiger partial charge is 0.313 e. The molecule has 3 radical (unpaired) electrons. The third-order valence-electron chi connectivity index (χ3n) is 16.8. The van der Waals surface area contributed by atoms with E-state index < -0.39 is 93.0 Å². The molecule has 0 spiro atoms. The van der Waals surface area contributed by atoms with E-state index in [2.05, 4.69) is 68.7 Å². The van der Waals surface area contributed by atoms with Crippen molar-refractivity contribution < 1.29 is 97.9 Å². The van der Waals surface area contributed by atoms with Crippen molar-refractivity contribution in [3.8, 4) is 23.0 Å². The topological polar surface area (TPSA) is 349 Å². The highest BCUT2D eigenvalue weighted by molar-refractivity contribution is 9.11. The molecule has 0 saturated heterocycles. The number of fused-ring (bicyclic) bond motifs is 1. The molecule has 27 heteroatoms. The number of amides is 1. The largest absolute Gasteiger partial charge is 0.508 e. The summed E-state index contributed by atoms with van der Waals surface area (Å²) in [5, 5.41) is 65.8. The van der Waals surface area contributed by atoms with Crippen molar-refractivity contribution in [1.29, 1.82) is 0 Å². The summed E-state index contributed by atoms with van der Waals surface area (Å²) in [7, 11) is 0. The van der Waals surface area contributed by atoms with E-state index in [1.807, 2.05) is 55.5 Å². The number of aromatic hydroxyl groups is 3. The lowest BCUT2D eigenvalue weighted by Gasteiger charge is -2.17. The molecule has 4 unspecified atom stereocenters. The molecule has 4 aliphatic carbocycles. The van der Waals surface area contributed by atoms with Gasteiger partial charge in [0, 0.05) is 25.1 Å². The Labute approximate surface area is 584 Å². The van der Waals surface area contributed by atoms with Gasteiger partial charge < -0.3 is 54.3 Å². The van der Waals surface area contributed by atoms with Gasteiger partial charge >= 0.3 is 41.8 Å². The van der Waals surface area contributed by atoms with Crippen molar-refractivity contribution in [2.24, 2.45) is 45.3 Å². The Morgan fingerprint density at radius 3 is 1.33 bits per heavy atom. The van der Waals surface area contributed by atoms with Crippen LogP contribution in [0.3, 0.4) is 0 Å². The summed E-state index contributed by atoms with van der Waals surface area (Å²) in [6.07, 6.45) is 2.42. The molecule has 0 aliphatic heterocycles. The van der Waals surface area contributed by atoms with Crippen LogP contribution in [0, 0.1) is 52.3 Å². The third-order valence-corrected chi connectivity index (χ3v) is 19.2. The number of carboxylic acid groups (broad SMARTS) is 3. The number of hydrogen-bond acceptors (Lipinski definition) is 18. The summed E-state index contributed by atoms with van der Waals surface area (Å²) in [6.45, 7) is 10.1. The van der Waals surface area contributed by atoms with E-state index in [9.17, 15) is 58.8 Å². The number of nitrogens with one attached hydrogen (secondary N) is 1. The molecule has 4 saturated carbocycles. The molecule has 95 heavy (non-hydrogen) atoms. The van der Waals surface area contributed by atoms with Gasteiger partial charge in [0.25, 0.3) is 0 Å². The van der Waals surface area contributed by atoms with Gasteiger partial charge in [0.05, 0.1) is 95.2 Å². The zero-order valence-corrected chi connectivity index (χ0v) is 58.1. The minimum Gasteiger partial charge on any atom is -0.508 e. The molecule has 1 aromatic heterocycles. The highest BCUT2D eigenvalue weighted by atomic mass is 79.9. The molecule has 8 atom stereocenters. The van der Waals surface area contributed by atoms with E-state index in [0.717, 1.165) is 48.9 Å². The summed E-state index contributed by atoms with van der Waals surface area (Å²) >= 11 is 13.2. The van der Waals surface area contributed by atoms with Crippen molar-refractivity contribution >= 4 is 131 Å². The first-order valence-electron chi connectivity index (χ1n) is 29.6. The highest BCUT2D eigenvalue weighted by Crippen LogP contribution is 2.59. The Morgan fingerprint density at radius 1 is 0.516 bits per heavy atom. The van der Waals surface area contributed by atoms with Gasteiger partial charge in [0.2, 0.25) is 5.91 Å². The fourth-order valence-electron chi connectivity index (χ4n) is 11.6. The Morgan fingerprint density at radius 2 is 0.905 bits per heavy atom. The van der Waals surface area contributed by atoms with Crippen molar-refractivity contribution in [2.75, 3.05) is 26.4 Å². The number of aromatic nitrogens is 1. The van der Waals surface area contributed by atoms with Crippen LogP contribution in [0.5, 0.6) is 23.0 Å². The number of pyridine rings is 1. The van der Waals surface area contributed by atoms with Crippen LogP contribution in [-0.2, 0) is 89.6 Å². The van der Waals surface area contributed by atoms with Gasteiger partial charge in [0.15, 0.2) is 0 Å². The number of carboxylic acids is 3. The molecule has 8 N–H and O–H groups in total. The molecule has 1 heterocycles. The highest BCUT2D eigenvalue weighted by Gasteiger charge is 2.67. The third kappa shape index (κ3) is 18.5. The fourth-order valence-corrected chi connectivity index (χ4v) is 13.8. The SMILES string of the molecule is C.CCOC(=O)[C@@]1(Cc2cc(Br)c(O)c(Br)c2)CC1C(=O)O.CCOC(=O)[C@@]1(Cc2ccc(O)c(Br)c2)CC1C(=O)O.CCOC(=O)[C@@]1(Cc2ccc(O)cc2)CC1C(=O)O.CCOC(=O)[C@@]1(Cc2ccc(OCc3cc(C)nc4ccccc34)c(Br)c2)CC1C(=O)NO.[B]. The second-order valence-electron chi connectivity index (χ2n) is 23.1. The summed E-state index contributed by atoms with van der Waals surface area (Å²) in [5.41, 5.74) is 3.89. The number of para-hydroxylation sites is 1. The van der Waals surface area contributed by atoms with E-state index in [1.54, 1.807) is 69.6 Å². The number of phenolic OH excluding ortho intramolecular Hbond substituents is 3. The first-order valence-corrected chi connectivity index (χ1v) is 32.8. The maximum Gasteiger partial charge on any atom is 0.313 e. The number of phenols is 3. The van der Waals surface area contributed by atoms with Crippen LogP contribution < -0.4 is 10.2 Å². The molecule has 1 amide bonds. The molecule has 0 bridgehead atoms. The number of hydrogen-bond donors (Lipinski definition) is 8. The molecule has 6 aromatic rings. The monoisotopic (exact) mass is 1570 g/mol. The van der Waals surface area contributed by atoms with Crippen LogP contribution in [0.4, 0.5) is 0 Å². The number of nitrogens with zero attached hydrogens (tertiary/aromatic N) is 1. The summed E-state index contributed by atoms with van der Waals surface area (Å²) in [6, 6.07) is 30.2. The normalized spacial score (nSPS) is 22.0. The van der Waals surface area contributed by atoms with Gasteiger partial charge in [-0.1, -0.05) is 49.9 Å². The lowest BCUT2D eigenvalue weighted by molar-refractivity contribution is -0.153. The minimum absolute atomic E-state index is 0. The molecule has 22 nitrogen and oxygen atoms in total. The second-order valence-corrected chi connectivity index (χ2v) is 26.5. The van der Waals surface area contributed by atoms with Crippen LogP contribution in [0.1, 0.15) is 94.3 Å². The Bertz CT molecular complexity index is 3800. The van der Waals surface area contributed by atoms with Crippen molar-refractivity contribution in [2.45, 2.75) is 100 Å². The van der Waals surface area contributed by atoms with Gasteiger partial charge in [-0.3, -0.25) is 48.5 Å². The van der Waals surface area contributed by atoms with Gasteiger partial charge in [-0.25, -0.2) is 5.48 Å². The number of halogens is 4. The number of carbonyl (C=O) groups excluding carboxylic acids is 5. The predicted molar refractivity (Wildman–Crippen MR) is 361 cm³/mol. The maximum atomic E-state index is 12.6. The van der Waals surface area contributed by atoms with Crippen LogP contribution in [0.25, 0.3) is 10.9 Å². The number of rotatable bonds is 23. The molecular formula is C68H74BBr4N2O20. The van der Waals surface area contributed by atoms with Gasteiger partial charge in [-0.05, 0) is 233 Å². The number of ether oxygens (including phenoxy) is 5. The van der Waals surface area contributed by atoms with Crippen LogP contribution in [-0.4, -0.2) is 123 Å². The average Bonchev–Trinajstić information content (AvgIpc) is 1.60. The van der Waals surface area contributed by atoms with Crippen LogP contribution >= 0.6 is 63.7 Å². The number of hydroxylamine groups is 1. The zero-order valence-electron chi connectivity index (χ0n) is 51.8. The molecular weight excluding hydrogens is 1500 g/mol. The molecule has 5 aromatic carbocycles. The minimum atomic E-state index is -1.00. The molecule has 4 aliphatic rings. The fraction of sp³-hybridized carbons (Fsp3) is 0.397. The summed E-state index contributed by atoms with van der Waals surface area (Å²) < 4.78 is 28.6. The number of esters is 4. The predicted octanol–water partition coefficient (Wildman–Crippen LogP) is 11.8. The average molecular weight is 1570 g/mol. The van der Waals surface area contributed by atoms with E-state index in [-0.39, 0.29) is 72.4 Å². The Balaban J connectivity index is 0.000000234. The van der Waals surface area contributed by atoms with Gasteiger partial charge in [-0.15, -0.1) is 0 Å². The van der Waals surface area contributed by atoms with Crippen molar-refractivity contribution in [3.05, 3.63) is 155 Å². The van der Waals surface area contributed by atoms with Crippen LogP contribution in [0.15, 0.2) is 121 Å². The molecule has 507 valence electrons. The quantitative estimate of drug-likeness (QED) is 0.00971. The number of aliphatic carboxylic acids is 3. The first kappa shape index (κ1) is 78.1. The van der Waals surface area contributed by atoms with Crippen molar-refractivity contribution in [3.63, 3.8) is 0 Å². The van der Waals surface area contributed by atoms with E-state index in [4.69, 9.17) is 39.1 Å². The standard InChI is InChI=1S/C25H25BrN2O5.C14H14Br2O5.C14H15BrO5.C14H16O5.CH4.B/c1-3-32-24(30)25(13-19(25)23(29)28-31)12-16-8-9-22(20(26)11-16)33-14-17-10-15(2)27-21-7-5-4-6-18(17)21;1-2-21-13(20)14(6-8(14)12(18)19)5-7-3-9(15)11(17)10(16)4-7;1-2-20-13(19)14(7-9(14)12(17)18)6-8-3-4-11(16)10(15)5-8;1-2-19-13(18)14(8-11(14)12(16)17)7-9-3-5-10(15)6-4-9;;/h4-11,19,31H,3,12-14H2,1-2H3,(H,28,29);3-4,8,17H,2,5-6H2,1H3,(H,18,19);3-5,9,16H,2,6-7H2,1H3,(H,17,18);3-6,11,15H,2,7-8H2,1H3,(H,16,17);1H4;/t19?,25-;8?,14-;9?,14-;11?,14-;;/m0000../s1. The summed E-state index contributed by atoms with van der Waals surface area (Å²) in [5.74, 6) is -7.04. The molecule has 10 rings (SSSR count). The maximum absolute atomic E-state index is 12.6. The Hall–Kier alpha value is -7.59. The Kier molecular flexibility index (Phi) is 27.5. The second kappa shape index (κ2) is 33.4. The van der Waals surface area contributed by atoms with E-state index in [1.165, 1.54) is 18.2 Å². The lowest BCUT2D eigenvalue weighted by atomic mass is 9.93. The van der Waals surface area contributed by atoms with Gasteiger partial charge in [-0.2, -0.15) is 0 Å². The van der Waals surface area contributed by atoms with Crippen LogP contribution in [0.2, 0.25) is 0 Å². The summed E-state index contributed by atoms with van der Waals surface area (Å²) in [4.78, 5) is 98.7. The number of benzene rings is 5.